The number of hydrogen-bond donors (Lipinski definition) is 1. The van der Waals surface area contributed by atoms with E-state index < -0.39 is 17.5 Å². The molecule has 2 aromatic heterocycles. The molecule has 4 heterocycles. The van der Waals surface area contributed by atoms with Crippen LogP contribution in [0.3, 0.4) is 0 Å². The lowest BCUT2D eigenvalue weighted by atomic mass is 10.0. The average Bonchev–Trinajstić information content (AvgIpc) is 3.75. The number of nitrogens with zero attached hydrogens (tertiary/aromatic N) is 6. The first-order valence-corrected chi connectivity index (χ1v) is 13.7. The van der Waals surface area contributed by atoms with E-state index in [1.165, 1.54) is 33.3 Å². The van der Waals surface area contributed by atoms with Gasteiger partial charge in [0.1, 0.15) is 0 Å². The van der Waals surface area contributed by atoms with Crippen LogP contribution in [-0.2, 0) is 28.5 Å². The van der Waals surface area contributed by atoms with E-state index in [0.29, 0.717) is 29.8 Å². The highest BCUT2D eigenvalue weighted by Crippen LogP contribution is 2.29. The van der Waals surface area contributed by atoms with E-state index in [4.69, 9.17) is 14.8 Å². The van der Waals surface area contributed by atoms with Crippen molar-refractivity contribution in [3.05, 3.63) is 127 Å². The van der Waals surface area contributed by atoms with Crippen LogP contribution >= 0.6 is 0 Å². The third-order valence-corrected chi connectivity index (χ3v) is 7.04. The van der Waals surface area contributed by atoms with Crippen LogP contribution in [0, 0.1) is 0 Å². The van der Waals surface area contributed by atoms with Gasteiger partial charge in [-0.3, -0.25) is 9.59 Å². The molecule has 4 aromatic rings. The predicted octanol–water partition coefficient (Wildman–Crippen LogP) is 2.78. The molecule has 230 valence electrons. The van der Waals surface area contributed by atoms with Crippen LogP contribution in [0.2, 0.25) is 0 Å². The third-order valence-electron chi connectivity index (χ3n) is 7.04. The van der Waals surface area contributed by atoms with Crippen LogP contribution in [0.4, 0.5) is 0 Å². The molecule has 45 heavy (non-hydrogen) atoms. The maximum absolute atomic E-state index is 12.3. The molecule has 2 atom stereocenters. The van der Waals surface area contributed by atoms with E-state index in [1.54, 1.807) is 0 Å². The Kier molecular flexibility index (Phi) is 8.93. The first-order chi connectivity index (χ1) is 21.7. The second-order valence-electron chi connectivity index (χ2n) is 10.0. The lowest BCUT2D eigenvalue weighted by Crippen LogP contribution is -2.28. The van der Waals surface area contributed by atoms with Crippen LogP contribution in [0.1, 0.15) is 68.3 Å². The monoisotopic (exact) mass is 612 g/mol. The van der Waals surface area contributed by atoms with Gasteiger partial charge in [0.05, 0.1) is 29.7 Å². The number of esters is 1. The van der Waals surface area contributed by atoms with Crippen molar-refractivity contribution in [1.29, 1.82) is 0 Å². The Hall–Kier alpha value is -5.92. The van der Waals surface area contributed by atoms with Gasteiger partial charge in [-0.1, -0.05) is 71.0 Å². The molecule has 6 rings (SSSR count). The minimum Gasteiger partial charge on any atom is -0.476 e. The van der Waals surface area contributed by atoms with Gasteiger partial charge in [-0.2, -0.15) is 10.2 Å². The number of rotatable bonds is 6. The van der Waals surface area contributed by atoms with Gasteiger partial charge >= 0.3 is 11.9 Å². The van der Waals surface area contributed by atoms with Gasteiger partial charge < -0.3 is 19.5 Å². The number of oxime groups is 2. The van der Waals surface area contributed by atoms with Crippen molar-refractivity contribution in [3.8, 4) is 0 Å². The molecular formula is C31H28N6O8. The first-order valence-electron chi connectivity index (χ1n) is 13.7. The maximum Gasteiger partial charge on any atom is 0.358 e. The summed E-state index contributed by atoms with van der Waals surface area (Å²) in [7, 11) is 4.14. The fraction of sp³-hybridized carbons (Fsp3) is 0.226. The van der Waals surface area contributed by atoms with Gasteiger partial charge in [0.2, 0.25) is 0 Å². The summed E-state index contributed by atoms with van der Waals surface area (Å²) in [4.78, 5) is 57.9. The Bertz CT molecular complexity index is 1920. The largest absolute Gasteiger partial charge is 0.476 e. The van der Waals surface area contributed by atoms with E-state index in [0.717, 1.165) is 20.5 Å². The molecule has 14 nitrogen and oxygen atoms in total. The zero-order chi connectivity index (χ0) is 32.1. The number of carbonyl (C=O) groups is 2. The van der Waals surface area contributed by atoms with E-state index >= 15 is 0 Å². The molecule has 0 bridgehead atoms. The summed E-state index contributed by atoms with van der Waals surface area (Å²) in [6, 6.07) is 21.8. The number of carboxylic acid groups (broad SMARTS) is 1. The molecule has 1 N–H and O–H groups in total. The molecule has 0 radical (unpaired) electrons. The highest BCUT2D eigenvalue weighted by atomic mass is 16.6. The van der Waals surface area contributed by atoms with Gasteiger partial charge in [-0.15, -0.1) is 0 Å². The summed E-state index contributed by atoms with van der Waals surface area (Å²) >= 11 is 0. The summed E-state index contributed by atoms with van der Waals surface area (Å²) in [5.74, 6) is -1.81. The van der Waals surface area contributed by atoms with Crippen LogP contribution in [-0.4, -0.2) is 55.1 Å². The highest BCUT2D eigenvalue weighted by Gasteiger charge is 2.28. The van der Waals surface area contributed by atoms with Crippen molar-refractivity contribution >= 4 is 23.4 Å². The van der Waals surface area contributed by atoms with Crippen molar-refractivity contribution in [2.24, 2.45) is 24.4 Å². The molecule has 2 aliphatic rings. The smallest absolute Gasteiger partial charge is 0.358 e. The normalized spacial score (nSPS) is 16.8. The summed E-state index contributed by atoms with van der Waals surface area (Å²) in [6.45, 7) is 0. The average molecular weight is 613 g/mol. The molecule has 0 saturated heterocycles. The van der Waals surface area contributed by atoms with Crippen LogP contribution in [0.25, 0.3) is 0 Å². The quantitative estimate of drug-likeness (QED) is 0.319. The van der Waals surface area contributed by atoms with Crippen LogP contribution < -0.4 is 11.1 Å². The first kappa shape index (κ1) is 30.5. The second kappa shape index (κ2) is 13.2. The number of hydrogen-bond acceptors (Lipinski definition) is 11. The minimum atomic E-state index is -1.20. The van der Waals surface area contributed by atoms with Gasteiger partial charge in [0, 0.05) is 26.9 Å². The second-order valence-corrected chi connectivity index (χ2v) is 10.0. The highest BCUT2D eigenvalue weighted by molar-refractivity contribution is 6.03. The zero-order valence-electron chi connectivity index (χ0n) is 24.5. The summed E-state index contributed by atoms with van der Waals surface area (Å²) < 4.78 is 6.75. The number of carbonyl (C=O) groups excluding carboxylic acids is 1. The summed E-state index contributed by atoms with van der Waals surface area (Å²) in [5.41, 5.74) is 2.45. The maximum atomic E-state index is 12.3. The standard InChI is InChI=1S/C16H15N3O4.C15H13N3O4/c1-19-15(20)11(8-13(17-19)16(21)22-2)12-9-14(23-18-12)10-6-4-3-5-7-10;1-18-14(19)10(7-12(16-18)15(20)21)11-8-13(22-17-11)9-5-3-2-4-6-9/h3-8,14H,9H2,1-2H3;2-7,13H,8H2,1H3,(H,20,21). The Morgan fingerprint density at radius 1 is 0.756 bits per heavy atom. The molecular weight excluding hydrogens is 584 g/mol. The number of aromatic nitrogens is 4. The number of methoxy groups -OCH3 is 1. The molecule has 14 heteroatoms. The van der Waals surface area contributed by atoms with E-state index in [2.05, 4.69) is 25.2 Å². The van der Waals surface area contributed by atoms with Crippen molar-refractivity contribution < 1.29 is 29.1 Å². The number of benzene rings is 2. The van der Waals surface area contributed by atoms with Gasteiger partial charge in [-0.25, -0.2) is 19.0 Å². The molecule has 2 unspecified atom stereocenters. The molecule has 0 aliphatic carbocycles. The van der Waals surface area contributed by atoms with Gasteiger partial charge in [0.15, 0.2) is 23.6 Å². The molecule has 0 spiro atoms. The van der Waals surface area contributed by atoms with Crippen molar-refractivity contribution in [1.82, 2.24) is 19.6 Å². The van der Waals surface area contributed by atoms with E-state index in [9.17, 15) is 19.2 Å². The number of ether oxygens (including phenoxy) is 1. The fourth-order valence-electron chi connectivity index (χ4n) is 4.71. The SMILES string of the molecule is COC(=O)c1cc(C2=NOC(c3ccccc3)C2)c(=O)n(C)n1.Cn1nc(C(=O)O)cc(C2=NOC(c3ccccc3)C2)c1=O. The molecule has 2 aliphatic heterocycles. The van der Waals surface area contributed by atoms with Gasteiger partial charge in [-0.05, 0) is 23.3 Å². The fourth-order valence-corrected chi connectivity index (χ4v) is 4.71. The third kappa shape index (κ3) is 6.69. The minimum absolute atomic E-state index is 0.0514. The lowest BCUT2D eigenvalue weighted by molar-refractivity contribution is 0.0590. The van der Waals surface area contributed by atoms with Crippen LogP contribution in [0.5, 0.6) is 0 Å². The Morgan fingerprint density at radius 3 is 1.60 bits per heavy atom. The Balaban J connectivity index is 0.000000178. The lowest BCUT2D eigenvalue weighted by Gasteiger charge is -2.08. The van der Waals surface area contributed by atoms with Crippen molar-refractivity contribution in [2.75, 3.05) is 7.11 Å². The van der Waals surface area contributed by atoms with Crippen LogP contribution in [0.15, 0.2) is 92.7 Å². The molecule has 0 fully saturated rings. The Labute approximate surface area is 255 Å². The zero-order valence-corrected chi connectivity index (χ0v) is 24.5. The summed E-state index contributed by atoms with van der Waals surface area (Å²) in [6.07, 6.45) is 0.333. The number of aromatic carboxylic acids is 1. The topological polar surface area (TPSA) is 177 Å². The van der Waals surface area contributed by atoms with Crippen molar-refractivity contribution in [3.63, 3.8) is 0 Å². The molecule has 2 aromatic carbocycles. The molecule has 0 amide bonds. The molecule has 0 saturated carbocycles. The summed E-state index contributed by atoms with van der Waals surface area (Å²) in [5, 5.41) is 24.6. The Morgan fingerprint density at radius 2 is 1.18 bits per heavy atom. The van der Waals surface area contributed by atoms with Crippen molar-refractivity contribution in [2.45, 2.75) is 25.0 Å². The van der Waals surface area contributed by atoms with Gasteiger partial charge in [0.25, 0.3) is 11.1 Å². The van der Waals surface area contributed by atoms with E-state index in [-0.39, 0.29) is 34.7 Å². The number of aryl methyl sites for hydroxylation is 2. The predicted molar refractivity (Wildman–Crippen MR) is 160 cm³/mol. The number of carboxylic acids is 1. The van der Waals surface area contributed by atoms with E-state index in [1.807, 2.05) is 60.7 Å².